The number of carbonyl (C=O) groups is 2. The number of hydrogen-bond acceptors (Lipinski definition) is 5. The Balaban J connectivity index is 3.28. The van der Waals surface area contributed by atoms with E-state index in [1.54, 1.807) is 0 Å². The van der Waals surface area contributed by atoms with Gasteiger partial charge in [0.1, 0.15) is 0 Å². The zero-order chi connectivity index (χ0) is 57.8. The molecule has 0 bridgehead atoms. The Bertz CT molecular complexity index is 1250. The van der Waals surface area contributed by atoms with Gasteiger partial charge in [-0.05, 0) is 51.4 Å². The minimum Gasteiger partial charge on any atom is -0.466 e. The third-order valence-corrected chi connectivity index (χ3v) is 17.2. The second-order valence-corrected chi connectivity index (χ2v) is 25.3. The van der Waals surface area contributed by atoms with Crippen molar-refractivity contribution in [2.45, 2.75) is 424 Å². The topological polar surface area (TPSA) is 95.9 Å². The second-order valence-electron chi connectivity index (χ2n) is 25.3. The van der Waals surface area contributed by atoms with Crippen LogP contribution in [0.25, 0.3) is 0 Å². The number of hydrogen-bond donors (Lipinski definition) is 3. The fourth-order valence-corrected chi connectivity index (χ4v) is 11.7. The van der Waals surface area contributed by atoms with Crippen LogP contribution in [0.5, 0.6) is 0 Å². The Hall–Kier alpha value is -1.66. The van der Waals surface area contributed by atoms with E-state index in [9.17, 15) is 19.8 Å². The lowest BCUT2D eigenvalue weighted by atomic mass is 10.0. The van der Waals surface area contributed by atoms with Crippen molar-refractivity contribution >= 4 is 11.9 Å². The van der Waals surface area contributed by atoms with Gasteiger partial charge >= 0.3 is 5.97 Å². The highest BCUT2D eigenvalue weighted by molar-refractivity contribution is 5.76. The Morgan fingerprint density at radius 3 is 1.00 bits per heavy atom. The van der Waals surface area contributed by atoms with E-state index in [4.69, 9.17) is 4.74 Å². The first kappa shape index (κ1) is 78.3. The van der Waals surface area contributed by atoms with Gasteiger partial charge in [-0.15, -0.1) is 0 Å². The normalized spacial score (nSPS) is 12.6. The summed E-state index contributed by atoms with van der Waals surface area (Å²) in [5.74, 6) is -0.0185. The van der Waals surface area contributed by atoms with Gasteiger partial charge in [-0.3, -0.25) is 9.59 Å². The smallest absolute Gasteiger partial charge is 0.305 e. The van der Waals surface area contributed by atoms with Crippen LogP contribution in [0.2, 0.25) is 0 Å². The van der Waals surface area contributed by atoms with Gasteiger partial charge in [0.15, 0.2) is 0 Å². The lowest BCUT2D eigenvalue weighted by molar-refractivity contribution is -0.143. The summed E-state index contributed by atoms with van der Waals surface area (Å²) in [5, 5.41) is 23.3. The number of unbranched alkanes of at least 4 members (excludes halogenated alkanes) is 54. The SMILES string of the molecule is CCC/C=C\C/C=C\CCCCCCCC(=O)OCCCCCCCCCCCCCCCCCCCCCCCCCCCCCCCCCCCCCCCC(=O)NC(CO)C(O)CCCCCCCCCCCCCCC. The molecule has 0 aromatic carbocycles. The molecule has 2 atom stereocenters. The zero-order valence-corrected chi connectivity index (χ0v) is 54.3. The lowest BCUT2D eigenvalue weighted by Gasteiger charge is -2.22. The molecule has 2 unspecified atom stereocenters. The Labute approximate surface area is 501 Å². The van der Waals surface area contributed by atoms with Crippen LogP contribution in [0, 0.1) is 0 Å². The highest BCUT2D eigenvalue weighted by Gasteiger charge is 2.20. The minimum absolute atomic E-state index is 0.00840. The van der Waals surface area contributed by atoms with Gasteiger partial charge in [-0.2, -0.15) is 0 Å². The van der Waals surface area contributed by atoms with Crippen molar-refractivity contribution in [3.63, 3.8) is 0 Å². The summed E-state index contributed by atoms with van der Waals surface area (Å²) < 4.78 is 5.48. The van der Waals surface area contributed by atoms with E-state index < -0.39 is 12.1 Å². The van der Waals surface area contributed by atoms with Crippen LogP contribution in [0.15, 0.2) is 24.3 Å². The molecule has 0 saturated carbocycles. The molecule has 0 aromatic heterocycles. The average Bonchev–Trinajstić information content (AvgIpc) is 3.46. The monoisotopic (exact) mass is 1130 g/mol. The van der Waals surface area contributed by atoms with Crippen molar-refractivity contribution in [1.82, 2.24) is 5.32 Å². The lowest BCUT2D eigenvalue weighted by Crippen LogP contribution is -2.45. The van der Waals surface area contributed by atoms with Crippen molar-refractivity contribution < 1.29 is 24.5 Å². The largest absolute Gasteiger partial charge is 0.466 e. The fourth-order valence-electron chi connectivity index (χ4n) is 11.7. The molecule has 0 spiro atoms. The molecule has 0 rings (SSSR count). The van der Waals surface area contributed by atoms with Crippen LogP contribution < -0.4 is 5.32 Å². The van der Waals surface area contributed by atoms with E-state index in [1.807, 2.05) is 0 Å². The number of carbonyl (C=O) groups excluding carboxylic acids is 2. The maximum Gasteiger partial charge on any atom is 0.305 e. The van der Waals surface area contributed by atoms with Crippen molar-refractivity contribution in [3.05, 3.63) is 24.3 Å². The number of rotatable bonds is 69. The first-order chi connectivity index (χ1) is 39.5. The molecular weight excluding hydrogens is 983 g/mol. The highest BCUT2D eigenvalue weighted by Crippen LogP contribution is 2.20. The third kappa shape index (κ3) is 65.5. The number of esters is 1. The molecule has 0 heterocycles. The van der Waals surface area contributed by atoms with Gasteiger partial charge in [0.2, 0.25) is 5.91 Å². The van der Waals surface area contributed by atoms with E-state index >= 15 is 0 Å². The Kier molecular flexibility index (Phi) is 68.4. The first-order valence-corrected chi connectivity index (χ1v) is 36.6. The Morgan fingerprint density at radius 1 is 0.350 bits per heavy atom. The van der Waals surface area contributed by atoms with Crippen LogP contribution in [0.4, 0.5) is 0 Å². The summed E-state index contributed by atoms with van der Waals surface area (Å²) in [4.78, 5) is 24.5. The minimum atomic E-state index is -0.659. The fraction of sp³-hybridized carbons (Fsp3) is 0.919. The molecule has 1 amide bonds. The molecule has 0 aliphatic rings. The van der Waals surface area contributed by atoms with Crippen LogP contribution in [-0.4, -0.2) is 47.4 Å². The van der Waals surface area contributed by atoms with E-state index in [-0.39, 0.29) is 18.5 Å². The van der Waals surface area contributed by atoms with Gasteiger partial charge in [-0.1, -0.05) is 372 Å². The maximum atomic E-state index is 12.5. The zero-order valence-electron chi connectivity index (χ0n) is 54.3. The summed E-state index contributed by atoms with van der Waals surface area (Å²) in [6.07, 6.45) is 88.3. The summed E-state index contributed by atoms with van der Waals surface area (Å²) in [7, 11) is 0. The molecule has 0 aromatic rings. The van der Waals surface area contributed by atoms with E-state index in [2.05, 4.69) is 43.5 Å². The van der Waals surface area contributed by atoms with Crippen LogP contribution in [0.1, 0.15) is 412 Å². The van der Waals surface area contributed by atoms with Gasteiger partial charge in [0.05, 0.1) is 25.4 Å². The molecule has 0 fully saturated rings. The van der Waals surface area contributed by atoms with Gasteiger partial charge in [-0.25, -0.2) is 0 Å². The molecule has 6 heteroatoms. The Morgan fingerprint density at radius 2 is 0.650 bits per heavy atom. The van der Waals surface area contributed by atoms with Gasteiger partial charge < -0.3 is 20.3 Å². The van der Waals surface area contributed by atoms with E-state index in [1.165, 1.54) is 327 Å². The van der Waals surface area contributed by atoms with Crippen LogP contribution in [-0.2, 0) is 14.3 Å². The van der Waals surface area contributed by atoms with Crippen molar-refractivity contribution in [3.8, 4) is 0 Å². The summed E-state index contributed by atoms with van der Waals surface area (Å²) in [5.41, 5.74) is 0. The van der Waals surface area contributed by atoms with Crippen molar-refractivity contribution in [2.75, 3.05) is 13.2 Å². The molecule has 0 radical (unpaired) electrons. The quantitative estimate of drug-likeness (QED) is 0.0320. The maximum absolute atomic E-state index is 12.5. The molecule has 3 N–H and O–H groups in total. The van der Waals surface area contributed by atoms with Crippen LogP contribution in [0.3, 0.4) is 0 Å². The first-order valence-electron chi connectivity index (χ1n) is 36.6. The summed E-state index contributed by atoms with van der Waals surface area (Å²) in [6.45, 7) is 4.91. The predicted octanol–water partition coefficient (Wildman–Crippen LogP) is 23.7. The molecule has 0 saturated heterocycles. The molecular formula is C74H143NO5. The molecule has 474 valence electrons. The summed E-state index contributed by atoms with van der Waals surface area (Å²) >= 11 is 0. The van der Waals surface area contributed by atoms with Crippen LogP contribution >= 0.6 is 0 Å². The number of aliphatic hydroxyl groups excluding tert-OH is 2. The number of nitrogens with one attached hydrogen (secondary N) is 1. The number of allylic oxidation sites excluding steroid dienone is 4. The number of aliphatic hydroxyl groups is 2. The summed E-state index contributed by atoms with van der Waals surface area (Å²) in [6, 6.07) is -0.536. The molecule has 0 aliphatic heterocycles. The van der Waals surface area contributed by atoms with Crippen molar-refractivity contribution in [1.29, 1.82) is 0 Å². The molecule has 6 nitrogen and oxygen atoms in total. The second kappa shape index (κ2) is 69.8. The third-order valence-electron chi connectivity index (χ3n) is 17.2. The van der Waals surface area contributed by atoms with Gasteiger partial charge in [0, 0.05) is 12.8 Å². The average molecular weight is 1130 g/mol. The molecule has 0 aliphatic carbocycles. The van der Waals surface area contributed by atoms with E-state index in [0.717, 1.165) is 51.4 Å². The van der Waals surface area contributed by atoms with Crippen molar-refractivity contribution in [2.24, 2.45) is 0 Å². The molecule has 80 heavy (non-hydrogen) atoms. The number of amides is 1. The standard InChI is InChI=1S/C74H143NO5/c1-3-5-7-9-11-13-15-42-46-50-54-58-62-66-72(77)71(70-76)75-73(78)67-63-59-55-51-47-44-40-38-36-34-32-30-28-26-24-22-20-18-17-19-21-23-25-27-29-31-33-35-37-39-41-45-49-53-57-61-65-69-80-74(79)68-64-60-56-52-48-43-16-14-12-10-8-6-4-2/h8,10,14,16,71-72,76-77H,3-7,9,11-13,15,17-70H2,1-2H3,(H,75,78)/b10-8-,16-14-. The van der Waals surface area contributed by atoms with Gasteiger partial charge in [0.25, 0.3) is 0 Å². The number of ether oxygens (including phenoxy) is 1. The van der Waals surface area contributed by atoms with E-state index in [0.29, 0.717) is 25.9 Å². The predicted molar refractivity (Wildman–Crippen MR) is 352 cm³/mol. The highest BCUT2D eigenvalue weighted by atomic mass is 16.5.